The van der Waals surface area contributed by atoms with Crippen LogP contribution in [-0.2, 0) is 27.4 Å². The number of hydrogen-bond acceptors (Lipinski definition) is 7. The molecule has 0 saturated carbocycles. The average Bonchev–Trinajstić information content (AvgIpc) is 3.45. The van der Waals surface area contributed by atoms with Crippen LogP contribution in [0, 0.1) is 0 Å². The second-order valence-electron chi connectivity index (χ2n) is 8.25. The minimum atomic E-state index is -0.910. The minimum absolute atomic E-state index is 0.210. The zero-order valence-electron chi connectivity index (χ0n) is 19.0. The van der Waals surface area contributed by atoms with Gasteiger partial charge < -0.3 is 15.0 Å². The fraction of sp³-hybridized carbons (Fsp3) is 0.280. The zero-order valence-corrected chi connectivity index (χ0v) is 19.9. The summed E-state index contributed by atoms with van der Waals surface area (Å²) in [5, 5.41) is 4.25. The van der Waals surface area contributed by atoms with Crippen LogP contribution in [0.1, 0.15) is 43.3 Å². The van der Waals surface area contributed by atoms with Gasteiger partial charge in [-0.05, 0) is 41.3 Å². The molecule has 1 fully saturated rings. The number of methoxy groups -OCH3 is 1. The summed E-state index contributed by atoms with van der Waals surface area (Å²) >= 11 is 1.21. The number of thiophene rings is 1. The third-order valence-electron chi connectivity index (χ3n) is 6.11. The third-order valence-corrected chi connectivity index (χ3v) is 7.31. The number of amides is 3. The zero-order chi connectivity index (χ0) is 24.4. The molecule has 4 heterocycles. The summed E-state index contributed by atoms with van der Waals surface area (Å²) in [6, 6.07) is 13.4. The Morgan fingerprint density at radius 3 is 2.66 bits per heavy atom. The molecule has 10 heteroatoms. The lowest BCUT2D eigenvalue weighted by atomic mass is 9.99. The molecule has 3 aromatic rings. The molecule has 0 aliphatic carbocycles. The highest BCUT2D eigenvalue weighted by Gasteiger charge is 2.52. The van der Waals surface area contributed by atoms with Crippen molar-refractivity contribution in [1.82, 2.24) is 20.3 Å². The van der Waals surface area contributed by atoms with Crippen LogP contribution in [-0.4, -0.2) is 53.1 Å². The van der Waals surface area contributed by atoms with Gasteiger partial charge in [0.2, 0.25) is 0 Å². The van der Waals surface area contributed by atoms with E-state index in [0.717, 1.165) is 16.7 Å². The first-order chi connectivity index (χ1) is 17.1. The van der Waals surface area contributed by atoms with Crippen LogP contribution in [0.5, 0.6) is 0 Å². The molecule has 180 valence electrons. The predicted octanol–water partition coefficient (Wildman–Crippen LogP) is 3.25. The van der Waals surface area contributed by atoms with E-state index in [1.165, 1.54) is 28.4 Å². The lowest BCUT2D eigenvalue weighted by molar-refractivity contribution is -0.146. The molecule has 5 rings (SSSR count). The summed E-state index contributed by atoms with van der Waals surface area (Å²) in [5.41, 5.74) is 2.73. The van der Waals surface area contributed by atoms with Gasteiger partial charge in [0.15, 0.2) is 6.04 Å². The van der Waals surface area contributed by atoms with Gasteiger partial charge in [0.1, 0.15) is 12.6 Å². The van der Waals surface area contributed by atoms with Crippen molar-refractivity contribution in [2.75, 3.05) is 20.2 Å². The molecule has 0 spiro atoms. The molecule has 2 aromatic heterocycles. The second kappa shape index (κ2) is 9.85. The van der Waals surface area contributed by atoms with Crippen LogP contribution in [0.2, 0.25) is 0 Å². The molecule has 2 aliphatic heterocycles. The number of fused-ring (bicyclic) bond motifs is 4. The maximum Gasteiger partial charge on any atom is 0.345 e. The van der Waals surface area contributed by atoms with Crippen molar-refractivity contribution in [3.8, 4) is 0 Å². The van der Waals surface area contributed by atoms with E-state index in [2.05, 4.69) is 10.3 Å². The van der Waals surface area contributed by atoms with Crippen molar-refractivity contribution >= 4 is 29.2 Å². The first-order valence-electron chi connectivity index (χ1n) is 11.2. The molecule has 2 atom stereocenters. The summed E-state index contributed by atoms with van der Waals surface area (Å²) in [4.78, 5) is 51.2. The van der Waals surface area contributed by atoms with Crippen molar-refractivity contribution in [2.24, 2.45) is 0 Å². The topological polar surface area (TPSA) is 101 Å². The van der Waals surface area contributed by atoms with Crippen molar-refractivity contribution in [3.63, 3.8) is 0 Å². The van der Waals surface area contributed by atoms with Gasteiger partial charge in [-0.25, -0.2) is 9.59 Å². The number of urea groups is 1. The number of rotatable bonds is 8. The maximum atomic E-state index is 13.1. The summed E-state index contributed by atoms with van der Waals surface area (Å²) in [6.07, 6.45) is 4.11. The van der Waals surface area contributed by atoms with E-state index in [-0.39, 0.29) is 19.1 Å². The number of nitrogens with one attached hydrogen (secondary N) is 1. The van der Waals surface area contributed by atoms with Crippen LogP contribution in [0.3, 0.4) is 0 Å². The fourth-order valence-electron chi connectivity index (χ4n) is 4.35. The van der Waals surface area contributed by atoms with Gasteiger partial charge >= 0.3 is 12.0 Å². The highest BCUT2D eigenvalue weighted by molar-refractivity contribution is 7.14. The van der Waals surface area contributed by atoms with Crippen molar-refractivity contribution in [1.29, 1.82) is 0 Å². The largest absolute Gasteiger partial charge is 0.467 e. The van der Waals surface area contributed by atoms with Gasteiger partial charge in [-0.3, -0.25) is 14.6 Å². The summed E-state index contributed by atoms with van der Waals surface area (Å²) in [5.74, 6) is -0.773. The van der Waals surface area contributed by atoms with Crippen LogP contribution in [0.4, 0.5) is 4.79 Å². The molecule has 1 aromatic carbocycles. The van der Waals surface area contributed by atoms with Crippen molar-refractivity contribution < 1.29 is 24.0 Å². The van der Waals surface area contributed by atoms with Crippen LogP contribution in [0.25, 0.3) is 0 Å². The Morgan fingerprint density at radius 2 is 1.91 bits per heavy atom. The van der Waals surface area contributed by atoms with Gasteiger partial charge in [0.25, 0.3) is 5.91 Å². The number of carbonyl (C=O) groups is 3. The molecule has 3 amide bonds. The van der Waals surface area contributed by atoms with E-state index in [0.29, 0.717) is 22.7 Å². The van der Waals surface area contributed by atoms with Gasteiger partial charge in [-0.2, -0.15) is 5.06 Å². The van der Waals surface area contributed by atoms with Gasteiger partial charge in [0, 0.05) is 23.8 Å². The highest BCUT2D eigenvalue weighted by Crippen LogP contribution is 2.48. The number of aromatic nitrogens is 1. The maximum absolute atomic E-state index is 13.1. The van der Waals surface area contributed by atoms with E-state index in [4.69, 9.17) is 9.57 Å². The molecular weight excluding hydrogens is 468 g/mol. The molecule has 1 saturated heterocycles. The van der Waals surface area contributed by atoms with Crippen molar-refractivity contribution in [3.05, 3.63) is 87.4 Å². The normalized spacial score (nSPS) is 18.4. The number of benzene rings is 1. The number of hydrogen-bond donors (Lipinski definition) is 1. The Labute approximate surface area is 206 Å². The second-order valence-corrected chi connectivity index (χ2v) is 9.34. The third kappa shape index (κ3) is 4.50. The van der Waals surface area contributed by atoms with Gasteiger partial charge in [-0.1, -0.05) is 30.3 Å². The Balaban J connectivity index is 1.36. The summed E-state index contributed by atoms with van der Waals surface area (Å²) < 4.78 is 5.00. The molecule has 9 nitrogen and oxygen atoms in total. The first kappa shape index (κ1) is 23.0. The Kier molecular flexibility index (Phi) is 6.47. The highest BCUT2D eigenvalue weighted by atomic mass is 32.1. The van der Waals surface area contributed by atoms with E-state index in [9.17, 15) is 14.4 Å². The summed E-state index contributed by atoms with van der Waals surface area (Å²) in [7, 11) is 1.29. The predicted molar refractivity (Wildman–Crippen MR) is 127 cm³/mol. The van der Waals surface area contributed by atoms with Crippen molar-refractivity contribution in [2.45, 2.75) is 25.1 Å². The number of hydroxylamine groups is 2. The number of ether oxygens (including phenoxy) is 1. The lowest BCUT2D eigenvalue weighted by Gasteiger charge is -2.28. The van der Waals surface area contributed by atoms with Crippen LogP contribution in [0.15, 0.2) is 60.9 Å². The van der Waals surface area contributed by atoms with Crippen LogP contribution < -0.4 is 5.32 Å². The number of carbonyl (C=O) groups excluding carboxylic acids is 3. The SMILES string of the molecule is COC(=O)[C@@H]1c2sc(C(=O)NCCc3ccncc3)cc2[C@H]2CN1C(=O)N2OCc1ccccc1. The summed E-state index contributed by atoms with van der Waals surface area (Å²) in [6.45, 7) is 0.952. The first-order valence-corrected chi connectivity index (χ1v) is 12.0. The fourth-order valence-corrected chi connectivity index (χ4v) is 5.59. The number of nitrogens with zero attached hydrogens (tertiary/aromatic N) is 3. The smallest absolute Gasteiger partial charge is 0.345 e. The van der Waals surface area contributed by atoms with Crippen LogP contribution >= 0.6 is 11.3 Å². The number of pyridine rings is 1. The van der Waals surface area contributed by atoms with E-state index in [1.807, 2.05) is 42.5 Å². The standard InChI is InChI=1S/C25H24N4O5S/c1-33-24(31)21-22-18(13-20(35-22)23(30)27-12-9-16-7-10-26-11-8-16)19-14-28(21)25(32)29(19)34-15-17-5-3-2-4-6-17/h2-8,10-11,13,19,21H,9,12,14-15H2,1H3,(H,27,30)/t19-,21+/m1/s1. The molecule has 0 radical (unpaired) electrons. The monoisotopic (exact) mass is 492 g/mol. The molecule has 2 aliphatic rings. The molecule has 0 unspecified atom stereocenters. The molecular formula is C25H24N4O5S. The average molecular weight is 493 g/mol. The molecule has 2 bridgehead atoms. The Hall–Kier alpha value is -3.76. The number of esters is 1. The van der Waals surface area contributed by atoms with Gasteiger partial charge in [-0.15, -0.1) is 11.3 Å². The van der Waals surface area contributed by atoms with E-state index >= 15 is 0 Å². The lowest BCUT2D eigenvalue weighted by Crippen LogP contribution is -2.38. The van der Waals surface area contributed by atoms with E-state index < -0.39 is 24.1 Å². The molecule has 1 N–H and O–H groups in total. The quantitative estimate of drug-likeness (QED) is 0.485. The van der Waals surface area contributed by atoms with E-state index in [1.54, 1.807) is 18.5 Å². The minimum Gasteiger partial charge on any atom is -0.467 e. The Morgan fingerprint density at radius 1 is 1.14 bits per heavy atom. The van der Waals surface area contributed by atoms with Gasteiger partial charge in [0.05, 0.1) is 18.5 Å². The molecule has 35 heavy (non-hydrogen) atoms. The Bertz CT molecular complexity index is 1230.